The van der Waals surface area contributed by atoms with Crippen LogP contribution in [0.1, 0.15) is 21.9 Å². The molecule has 3 aromatic rings. The molecule has 3 heterocycles. The summed E-state index contributed by atoms with van der Waals surface area (Å²) in [6, 6.07) is 1.01. The number of hydrogen-bond donors (Lipinski definition) is 1. The smallest absolute Gasteiger partial charge is 0.434 e. The molecule has 0 aromatic carbocycles. The van der Waals surface area contributed by atoms with Crippen molar-refractivity contribution in [3.05, 3.63) is 26.7 Å². The molecule has 0 aliphatic rings. The summed E-state index contributed by atoms with van der Waals surface area (Å²) in [4.78, 5) is 16.0. The molecule has 28 heavy (non-hydrogen) atoms. The average molecular weight is 510 g/mol. The highest BCUT2D eigenvalue weighted by molar-refractivity contribution is 14.1. The van der Waals surface area contributed by atoms with Gasteiger partial charge in [-0.2, -0.15) is 13.2 Å². The van der Waals surface area contributed by atoms with Crippen LogP contribution in [-0.4, -0.2) is 51.3 Å². The number of ether oxygens (including phenoxy) is 1. The maximum absolute atomic E-state index is 13.2. The van der Waals surface area contributed by atoms with Crippen LogP contribution in [-0.2, 0) is 26.9 Å². The van der Waals surface area contributed by atoms with E-state index in [9.17, 15) is 18.0 Å². The van der Waals surface area contributed by atoms with Gasteiger partial charge in [-0.1, -0.05) is 5.10 Å². The van der Waals surface area contributed by atoms with E-state index in [1.165, 1.54) is 46.0 Å². The molecule has 0 unspecified atom stereocenters. The number of hydrogen-bond acceptors (Lipinski definition) is 9. The Balaban J connectivity index is 1.96. The van der Waals surface area contributed by atoms with Gasteiger partial charge < -0.3 is 4.74 Å². The van der Waals surface area contributed by atoms with Crippen LogP contribution in [0.15, 0.2) is 6.07 Å². The summed E-state index contributed by atoms with van der Waals surface area (Å²) < 4.78 is 47.1. The van der Waals surface area contributed by atoms with Crippen LogP contribution >= 0.6 is 22.6 Å². The van der Waals surface area contributed by atoms with E-state index in [0.29, 0.717) is 0 Å². The molecule has 0 aliphatic carbocycles. The number of aromatic nitrogens is 9. The van der Waals surface area contributed by atoms with Gasteiger partial charge in [-0.3, -0.25) is 10.1 Å². The molecule has 0 atom stereocenters. The lowest BCUT2D eigenvalue weighted by Gasteiger charge is -2.14. The molecule has 0 saturated heterocycles. The van der Waals surface area contributed by atoms with Crippen molar-refractivity contribution in [2.24, 2.45) is 14.1 Å². The zero-order valence-electron chi connectivity index (χ0n) is 14.1. The van der Waals surface area contributed by atoms with Crippen molar-refractivity contribution < 1.29 is 22.7 Å². The van der Waals surface area contributed by atoms with Crippen LogP contribution < -0.4 is 10.1 Å². The van der Waals surface area contributed by atoms with Gasteiger partial charge in [0.25, 0.3) is 5.91 Å². The van der Waals surface area contributed by atoms with Crippen LogP contribution in [0.2, 0.25) is 0 Å². The van der Waals surface area contributed by atoms with E-state index in [0.717, 1.165) is 6.07 Å². The third kappa shape index (κ3) is 4.15. The Morgan fingerprint density at radius 3 is 2.46 bits per heavy atom. The quantitative estimate of drug-likeness (QED) is 0.489. The number of halogens is 4. The molecule has 1 N–H and O–H groups in total. The second kappa shape index (κ2) is 7.60. The standard InChI is InChI=1S/C12H10F3IN10O2/c1-25-7(19-21-23-25)4-28-10-5(3-6(16)8(17-10)12(13,14)15)9(27)18-11-20-22-24-26(11)2/h3H,4H2,1-2H3,(H,18,20,24,27). The number of carbonyl (C=O) groups excluding carboxylic acids is 1. The lowest BCUT2D eigenvalue weighted by atomic mass is 10.2. The van der Waals surface area contributed by atoms with Crippen molar-refractivity contribution in [3.8, 4) is 5.88 Å². The van der Waals surface area contributed by atoms with Gasteiger partial charge in [0.2, 0.25) is 11.8 Å². The van der Waals surface area contributed by atoms with Crippen LogP contribution in [0.5, 0.6) is 5.88 Å². The van der Waals surface area contributed by atoms with Crippen LogP contribution in [0, 0.1) is 3.57 Å². The van der Waals surface area contributed by atoms with E-state index in [4.69, 9.17) is 4.74 Å². The second-order valence-electron chi connectivity index (χ2n) is 5.26. The minimum Gasteiger partial charge on any atom is -0.469 e. The van der Waals surface area contributed by atoms with Crippen molar-refractivity contribution in [2.75, 3.05) is 5.32 Å². The molecule has 0 spiro atoms. The van der Waals surface area contributed by atoms with Crippen molar-refractivity contribution in [2.45, 2.75) is 12.8 Å². The van der Waals surface area contributed by atoms with Gasteiger partial charge in [-0.25, -0.2) is 14.3 Å². The summed E-state index contributed by atoms with van der Waals surface area (Å²) in [5.41, 5.74) is -1.42. The van der Waals surface area contributed by atoms with Crippen LogP contribution in [0.4, 0.5) is 19.1 Å². The van der Waals surface area contributed by atoms with Crippen molar-refractivity contribution in [3.63, 3.8) is 0 Å². The van der Waals surface area contributed by atoms with Gasteiger partial charge >= 0.3 is 6.18 Å². The number of amides is 1. The molecule has 0 aliphatic heterocycles. The number of tetrazole rings is 2. The predicted octanol–water partition coefficient (Wildman–Crippen LogP) is 0.583. The van der Waals surface area contributed by atoms with Gasteiger partial charge in [0, 0.05) is 17.7 Å². The van der Waals surface area contributed by atoms with Crippen LogP contribution in [0.25, 0.3) is 0 Å². The Kier molecular flexibility index (Phi) is 5.38. The number of anilines is 1. The maximum atomic E-state index is 13.2. The van der Waals surface area contributed by atoms with Crippen molar-refractivity contribution >= 4 is 34.4 Å². The first-order valence-electron chi connectivity index (χ1n) is 7.32. The number of nitrogens with zero attached hydrogens (tertiary/aromatic N) is 9. The molecular formula is C12H10F3IN10O2. The lowest BCUT2D eigenvalue weighted by molar-refractivity contribution is -0.142. The van der Waals surface area contributed by atoms with E-state index in [-0.39, 0.29) is 27.5 Å². The molecule has 0 fully saturated rings. The minimum absolute atomic E-state index is 0.0108. The summed E-state index contributed by atoms with van der Waals surface area (Å²) in [7, 11) is 3.00. The molecular weight excluding hydrogens is 500 g/mol. The fourth-order valence-corrected chi connectivity index (χ4v) is 2.69. The monoisotopic (exact) mass is 510 g/mol. The summed E-state index contributed by atoms with van der Waals surface area (Å²) in [5.74, 6) is -1.13. The average Bonchev–Trinajstić information content (AvgIpc) is 3.20. The number of nitrogens with one attached hydrogen (secondary N) is 1. The van der Waals surface area contributed by atoms with Crippen LogP contribution in [0.3, 0.4) is 0 Å². The topological polar surface area (TPSA) is 138 Å². The first-order chi connectivity index (χ1) is 13.2. The first-order valence-corrected chi connectivity index (χ1v) is 8.40. The molecule has 16 heteroatoms. The number of aryl methyl sites for hydroxylation is 2. The molecule has 1 amide bonds. The fraction of sp³-hybridized carbons (Fsp3) is 0.333. The van der Waals surface area contributed by atoms with E-state index < -0.39 is 23.7 Å². The zero-order chi connectivity index (χ0) is 20.5. The zero-order valence-corrected chi connectivity index (χ0v) is 16.3. The Hall–Kier alpha value is -2.92. The van der Waals surface area contributed by atoms with Gasteiger partial charge in [0.15, 0.2) is 18.1 Å². The number of pyridine rings is 1. The molecule has 0 saturated carbocycles. The summed E-state index contributed by atoms with van der Waals surface area (Å²) >= 11 is 1.44. The third-order valence-electron chi connectivity index (χ3n) is 3.35. The Morgan fingerprint density at radius 2 is 1.89 bits per heavy atom. The maximum Gasteiger partial charge on any atom is 0.434 e. The van der Waals surface area contributed by atoms with E-state index in [1.54, 1.807) is 0 Å². The van der Waals surface area contributed by atoms with Gasteiger partial charge in [-0.05, 0) is 49.5 Å². The van der Waals surface area contributed by atoms with E-state index in [1.807, 2.05) is 0 Å². The van der Waals surface area contributed by atoms with E-state index >= 15 is 0 Å². The predicted molar refractivity (Wildman–Crippen MR) is 91.8 cm³/mol. The molecule has 3 aromatic heterocycles. The molecule has 3 rings (SSSR count). The Bertz CT molecular complexity index is 1020. The van der Waals surface area contributed by atoms with Gasteiger partial charge in [0.05, 0.1) is 0 Å². The molecule has 12 nitrogen and oxygen atoms in total. The minimum atomic E-state index is -4.73. The second-order valence-corrected chi connectivity index (χ2v) is 6.42. The first kappa shape index (κ1) is 19.8. The molecule has 148 valence electrons. The van der Waals surface area contributed by atoms with Gasteiger partial charge in [0.1, 0.15) is 5.56 Å². The fourth-order valence-electron chi connectivity index (χ4n) is 1.95. The Morgan fingerprint density at radius 1 is 1.21 bits per heavy atom. The lowest BCUT2D eigenvalue weighted by Crippen LogP contribution is -2.20. The number of rotatable bonds is 5. The largest absolute Gasteiger partial charge is 0.469 e. The number of carbonyl (C=O) groups is 1. The van der Waals surface area contributed by atoms with Gasteiger partial charge in [-0.15, -0.1) is 5.10 Å². The summed E-state index contributed by atoms with van der Waals surface area (Å²) in [5, 5.41) is 23.5. The Labute approximate surface area is 167 Å². The number of alkyl halides is 3. The highest BCUT2D eigenvalue weighted by Gasteiger charge is 2.37. The highest BCUT2D eigenvalue weighted by Crippen LogP contribution is 2.34. The SMILES string of the molecule is Cn1nnnc1COc1nc(C(F)(F)F)c(I)cc1C(=O)Nc1nnnn1C. The van der Waals surface area contributed by atoms with Crippen molar-refractivity contribution in [1.29, 1.82) is 0 Å². The summed E-state index contributed by atoms with van der Waals surface area (Å²) in [6.45, 7) is -0.305. The highest BCUT2D eigenvalue weighted by atomic mass is 127. The van der Waals surface area contributed by atoms with E-state index in [2.05, 4.69) is 41.4 Å². The summed E-state index contributed by atoms with van der Waals surface area (Å²) in [6.07, 6.45) is -4.73. The third-order valence-corrected chi connectivity index (χ3v) is 4.17. The van der Waals surface area contributed by atoms with Crippen molar-refractivity contribution in [1.82, 2.24) is 45.4 Å². The normalized spacial score (nSPS) is 11.5. The molecule has 0 bridgehead atoms. The molecule has 0 radical (unpaired) electrons.